The molecule has 0 amide bonds. The highest BCUT2D eigenvalue weighted by molar-refractivity contribution is 5.79. The number of para-hydroxylation sites is 1. The standard InChI is InChI=1S/C17H22N2O/c1-12(2)20-16-10-6-9-15(17(16)18)19(4)14-8-5-7-13(3)11-14/h5-12H,18H2,1-4H3. The van der Waals surface area contributed by atoms with Gasteiger partial charge in [-0.3, -0.25) is 0 Å². The van der Waals surface area contributed by atoms with Gasteiger partial charge in [0.05, 0.1) is 17.5 Å². The molecule has 0 aliphatic rings. The summed E-state index contributed by atoms with van der Waals surface area (Å²) >= 11 is 0. The summed E-state index contributed by atoms with van der Waals surface area (Å²) in [6.07, 6.45) is 0.108. The molecule has 0 heterocycles. The molecule has 2 aromatic rings. The summed E-state index contributed by atoms with van der Waals surface area (Å²) in [5, 5.41) is 0. The van der Waals surface area contributed by atoms with Crippen molar-refractivity contribution in [1.82, 2.24) is 0 Å². The van der Waals surface area contributed by atoms with Crippen LogP contribution in [-0.2, 0) is 0 Å². The lowest BCUT2D eigenvalue weighted by molar-refractivity contribution is 0.244. The van der Waals surface area contributed by atoms with Crippen LogP contribution in [0.5, 0.6) is 5.75 Å². The number of nitrogen functional groups attached to an aromatic ring is 1. The van der Waals surface area contributed by atoms with Gasteiger partial charge < -0.3 is 15.4 Å². The van der Waals surface area contributed by atoms with Gasteiger partial charge in [-0.25, -0.2) is 0 Å². The predicted molar refractivity (Wildman–Crippen MR) is 85.9 cm³/mol. The van der Waals surface area contributed by atoms with Crippen LogP contribution in [0.1, 0.15) is 19.4 Å². The Morgan fingerprint density at radius 1 is 1.10 bits per heavy atom. The van der Waals surface area contributed by atoms with Gasteiger partial charge in [0.15, 0.2) is 0 Å². The van der Waals surface area contributed by atoms with Gasteiger partial charge in [-0.15, -0.1) is 0 Å². The molecule has 2 N–H and O–H groups in total. The van der Waals surface area contributed by atoms with E-state index in [1.54, 1.807) is 0 Å². The van der Waals surface area contributed by atoms with Gasteiger partial charge in [0.1, 0.15) is 5.75 Å². The van der Waals surface area contributed by atoms with E-state index < -0.39 is 0 Å². The van der Waals surface area contributed by atoms with E-state index in [1.165, 1.54) is 5.56 Å². The van der Waals surface area contributed by atoms with Crippen molar-refractivity contribution in [1.29, 1.82) is 0 Å². The van der Waals surface area contributed by atoms with E-state index in [0.717, 1.165) is 17.1 Å². The lowest BCUT2D eigenvalue weighted by Gasteiger charge is -2.23. The Hall–Kier alpha value is -2.16. The van der Waals surface area contributed by atoms with Crippen LogP contribution in [0, 0.1) is 6.92 Å². The number of ether oxygens (including phenoxy) is 1. The highest BCUT2D eigenvalue weighted by Crippen LogP contribution is 2.35. The molecule has 3 heteroatoms. The second-order valence-corrected chi connectivity index (χ2v) is 5.25. The summed E-state index contributed by atoms with van der Waals surface area (Å²) in [5.41, 5.74) is 10.2. The molecule has 0 aromatic heterocycles. The summed E-state index contributed by atoms with van der Waals surface area (Å²) < 4.78 is 5.74. The van der Waals surface area contributed by atoms with Crippen LogP contribution in [0.2, 0.25) is 0 Å². The van der Waals surface area contributed by atoms with Gasteiger partial charge in [-0.2, -0.15) is 0 Å². The van der Waals surface area contributed by atoms with Gasteiger partial charge in [-0.05, 0) is 50.6 Å². The monoisotopic (exact) mass is 270 g/mol. The summed E-state index contributed by atoms with van der Waals surface area (Å²) in [6.45, 7) is 6.08. The fraction of sp³-hybridized carbons (Fsp3) is 0.294. The highest BCUT2D eigenvalue weighted by atomic mass is 16.5. The first kappa shape index (κ1) is 14.3. The fourth-order valence-corrected chi connectivity index (χ4v) is 2.16. The van der Waals surface area contributed by atoms with Crippen molar-refractivity contribution >= 4 is 17.1 Å². The van der Waals surface area contributed by atoms with E-state index in [1.807, 2.05) is 45.2 Å². The first-order valence-corrected chi connectivity index (χ1v) is 6.84. The van der Waals surface area contributed by atoms with Crippen molar-refractivity contribution in [2.75, 3.05) is 17.7 Å². The lowest BCUT2D eigenvalue weighted by Crippen LogP contribution is -2.14. The Balaban J connectivity index is 2.37. The molecule has 0 saturated heterocycles. The molecule has 106 valence electrons. The SMILES string of the molecule is Cc1cccc(N(C)c2cccc(OC(C)C)c2N)c1. The van der Waals surface area contributed by atoms with E-state index in [-0.39, 0.29) is 6.10 Å². The molecular formula is C17H22N2O. The van der Waals surface area contributed by atoms with Crippen molar-refractivity contribution in [2.45, 2.75) is 26.9 Å². The maximum atomic E-state index is 6.24. The Bertz CT molecular complexity index is 593. The maximum Gasteiger partial charge on any atom is 0.144 e. The second-order valence-electron chi connectivity index (χ2n) is 5.25. The van der Waals surface area contributed by atoms with E-state index in [9.17, 15) is 0 Å². The molecule has 2 rings (SSSR count). The topological polar surface area (TPSA) is 38.5 Å². The maximum absolute atomic E-state index is 6.24. The fourth-order valence-electron chi connectivity index (χ4n) is 2.16. The van der Waals surface area contributed by atoms with E-state index >= 15 is 0 Å². The molecule has 0 atom stereocenters. The molecule has 20 heavy (non-hydrogen) atoms. The second kappa shape index (κ2) is 5.87. The quantitative estimate of drug-likeness (QED) is 0.849. The van der Waals surface area contributed by atoms with Crippen LogP contribution in [0.25, 0.3) is 0 Å². The van der Waals surface area contributed by atoms with Crippen LogP contribution in [0.15, 0.2) is 42.5 Å². The number of benzene rings is 2. The third kappa shape index (κ3) is 3.05. The number of aryl methyl sites for hydroxylation is 1. The third-order valence-electron chi connectivity index (χ3n) is 3.16. The Kier molecular flexibility index (Phi) is 4.18. The van der Waals surface area contributed by atoms with E-state index in [0.29, 0.717) is 5.69 Å². The zero-order chi connectivity index (χ0) is 14.7. The number of nitrogens with two attached hydrogens (primary N) is 1. The van der Waals surface area contributed by atoms with Crippen molar-refractivity contribution in [3.8, 4) is 5.75 Å². The molecule has 3 nitrogen and oxygen atoms in total. The number of anilines is 3. The Morgan fingerprint density at radius 3 is 2.45 bits per heavy atom. The molecule has 0 unspecified atom stereocenters. The van der Waals surface area contributed by atoms with Gasteiger partial charge in [0.2, 0.25) is 0 Å². The van der Waals surface area contributed by atoms with Gasteiger partial charge in [0, 0.05) is 12.7 Å². The van der Waals surface area contributed by atoms with E-state index in [4.69, 9.17) is 10.5 Å². The minimum Gasteiger partial charge on any atom is -0.489 e. The van der Waals surface area contributed by atoms with Crippen LogP contribution >= 0.6 is 0 Å². The molecule has 0 spiro atoms. The number of nitrogens with zero attached hydrogens (tertiary/aromatic N) is 1. The van der Waals surface area contributed by atoms with Gasteiger partial charge in [0.25, 0.3) is 0 Å². The molecule has 0 saturated carbocycles. The molecule has 0 fully saturated rings. The number of hydrogen-bond donors (Lipinski definition) is 1. The third-order valence-corrected chi connectivity index (χ3v) is 3.16. The molecule has 0 bridgehead atoms. The zero-order valence-corrected chi connectivity index (χ0v) is 12.6. The van der Waals surface area contributed by atoms with Crippen LogP contribution in [0.4, 0.5) is 17.1 Å². The summed E-state index contributed by atoms with van der Waals surface area (Å²) in [6, 6.07) is 14.2. The Labute approximate surface area is 121 Å². The molecule has 0 aliphatic carbocycles. The number of hydrogen-bond acceptors (Lipinski definition) is 3. The molecule has 2 aromatic carbocycles. The van der Waals surface area contributed by atoms with Gasteiger partial charge in [-0.1, -0.05) is 18.2 Å². The summed E-state index contributed by atoms with van der Waals surface area (Å²) in [5.74, 6) is 0.733. The summed E-state index contributed by atoms with van der Waals surface area (Å²) in [4.78, 5) is 2.08. The van der Waals surface area contributed by atoms with Crippen molar-refractivity contribution in [3.63, 3.8) is 0 Å². The zero-order valence-electron chi connectivity index (χ0n) is 12.6. The largest absolute Gasteiger partial charge is 0.489 e. The van der Waals surface area contributed by atoms with E-state index in [2.05, 4.69) is 30.0 Å². The van der Waals surface area contributed by atoms with Crippen molar-refractivity contribution in [3.05, 3.63) is 48.0 Å². The van der Waals surface area contributed by atoms with Crippen molar-refractivity contribution < 1.29 is 4.74 Å². The smallest absolute Gasteiger partial charge is 0.144 e. The highest BCUT2D eigenvalue weighted by Gasteiger charge is 2.12. The molecule has 0 aliphatic heterocycles. The van der Waals surface area contributed by atoms with Crippen LogP contribution < -0.4 is 15.4 Å². The minimum atomic E-state index is 0.108. The number of rotatable bonds is 4. The van der Waals surface area contributed by atoms with Crippen LogP contribution in [0.3, 0.4) is 0 Å². The molecule has 0 radical (unpaired) electrons. The van der Waals surface area contributed by atoms with Gasteiger partial charge >= 0.3 is 0 Å². The normalized spacial score (nSPS) is 10.7. The first-order valence-electron chi connectivity index (χ1n) is 6.84. The minimum absolute atomic E-state index is 0.108. The average Bonchev–Trinajstić information content (AvgIpc) is 2.40. The average molecular weight is 270 g/mol. The van der Waals surface area contributed by atoms with Crippen LogP contribution in [-0.4, -0.2) is 13.2 Å². The molecular weight excluding hydrogens is 248 g/mol. The lowest BCUT2D eigenvalue weighted by atomic mass is 10.1. The van der Waals surface area contributed by atoms with Crippen molar-refractivity contribution in [2.24, 2.45) is 0 Å². The Morgan fingerprint density at radius 2 is 1.80 bits per heavy atom. The predicted octanol–water partition coefficient (Wildman–Crippen LogP) is 4.13. The first-order chi connectivity index (χ1) is 9.49. The summed E-state index contributed by atoms with van der Waals surface area (Å²) in [7, 11) is 2.01.